The number of halogens is 3. The third-order valence-corrected chi connectivity index (χ3v) is 5.42. The topological polar surface area (TPSA) is 59.9 Å². The molecule has 3 aromatic rings. The largest absolute Gasteiger partial charge is 0.493 e. The Bertz CT molecular complexity index is 1090. The summed E-state index contributed by atoms with van der Waals surface area (Å²) in [5.41, 5.74) is 4.43. The normalized spacial score (nSPS) is 10.8. The average molecular weight is 508 g/mol. The van der Waals surface area contributed by atoms with Gasteiger partial charge in [0, 0.05) is 15.1 Å². The van der Waals surface area contributed by atoms with Gasteiger partial charge in [-0.3, -0.25) is 4.79 Å². The van der Waals surface area contributed by atoms with Crippen molar-refractivity contribution in [1.29, 1.82) is 0 Å². The maximum atomic E-state index is 12.2. The first-order valence-electron chi connectivity index (χ1n) is 8.81. The van der Waals surface area contributed by atoms with Gasteiger partial charge in [0.05, 0.1) is 23.9 Å². The van der Waals surface area contributed by atoms with Crippen molar-refractivity contribution in [2.24, 2.45) is 5.10 Å². The predicted octanol–water partition coefficient (Wildman–Crippen LogP) is 6.11. The molecule has 0 aromatic heterocycles. The number of methoxy groups -OCH3 is 1. The average Bonchev–Trinajstić information content (AvgIpc) is 2.74. The molecule has 0 radical (unpaired) electrons. The molecule has 8 heteroatoms. The van der Waals surface area contributed by atoms with Crippen LogP contribution in [0.25, 0.3) is 0 Å². The van der Waals surface area contributed by atoms with Crippen LogP contribution >= 0.6 is 39.1 Å². The first-order valence-corrected chi connectivity index (χ1v) is 10.4. The Hall–Kier alpha value is -2.54. The third-order valence-electron chi connectivity index (χ3n) is 4.08. The number of hydrogen-bond acceptors (Lipinski definition) is 4. The molecule has 0 spiro atoms. The molecule has 3 rings (SSSR count). The molecule has 0 saturated carbocycles. The Labute approximate surface area is 192 Å². The Morgan fingerprint density at radius 3 is 2.57 bits per heavy atom. The van der Waals surface area contributed by atoms with E-state index >= 15 is 0 Å². The summed E-state index contributed by atoms with van der Waals surface area (Å²) in [7, 11) is 1.52. The Kier molecular flexibility index (Phi) is 7.74. The summed E-state index contributed by atoms with van der Waals surface area (Å²) < 4.78 is 11.9. The molecule has 0 unspecified atom stereocenters. The first-order chi connectivity index (χ1) is 14.5. The fourth-order valence-electron chi connectivity index (χ4n) is 2.59. The van der Waals surface area contributed by atoms with E-state index in [-0.39, 0.29) is 12.5 Å². The minimum atomic E-state index is -0.337. The smallest absolute Gasteiger partial charge is 0.272 e. The molecule has 0 atom stereocenters. The van der Waals surface area contributed by atoms with E-state index in [1.165, 1.54) is 13.3 Å². The Balaban J connectivity index is 1.72. The van der Waals surface area contributed by atoms with Crippen LogP contribution in [0.1, 0.15) is 21.5 Å². The summed E-state index contributed by atoms with van der Waals surface area (Å²) in [5.74, 6) is 0.498. The van der Waals surface area contributed by atoms with E-state index in [2.05, 4.69) is 26.5 Å². The fourth-order valence-corrected chi connectivity index (χ4v) is 3.52. The van der Waals surface area contributed by atoms with Gasteiger partial charge in [-0.25, -0.2) is 5.43 Å². The standard InChI is InChI=1S/C22H17BrCl2N2O3/c1-29-20-11-14(12-26-27-22(28)16-7-3-4-8-17(16)23)10-19(25)21(20)30-13-15-6-2-5-9-18(15)24/h2-12H,13H2,1H3,(H,27,28)/b26-12+. The minimum absolute atomic E-state index is 0.241. The zero-order valence-corrected chi connectivity index (χ0v) is 19.0. The van der Waals surface area contributed by atoms with Crippen LogP contribution in [0.15, 0.2) is 70.2 Å². The van der Waals surface area contributed by atoms with Gasteiger partial charge in [0.15, 0.2) is 11.5 Å². The lowest BCUT2D eigenvalue weighted by atomic mass is 10.2. The highest BCUT2D eigenvalue weighted by atomic mass is 79.9. The number of nitrogens with zero attached hydrogens (tertiary/aromatic N) is 1. The zero-order chi connectivity index (χ0) is 21.5. The molecule has 154 valence electrons. The molecule has 0 bridgehead atoms. The van der Waals surface area contributed by atoms with Crippen molar-refractivity contribution >= 4 is 51.3 Å². The van der Waals surface area contributed by atoms with Crippen LogP contribution in [0, 0.1) is 0 Å². The molecule has 1 amide bonds. The van der Waals surface area contributed by atoms with Gasteiger partial charge in [-0.05, 0) is 51.8 Å². The molecule has 0 saturated heterocycles. The number of rotatable bonds is 7. The van der Waals surface area contributed by atoms with E-state index in [4.69, 9.17) is 32.7 Å². The SMILES string of the molecule is COc1cc(/C=N/NC(=O)c2ccccc2Br)cc(Cl)c1OCc1ccccc1Cl. The molecule has 1 N–H and O–H groups in total. The lowest BCUT2D eigenvalue weighted by Gasteiger charge is -2.14. The summed E-state index contributed by atoms with van der Waals surface area (Å²) in [6.45, 7) is 0.241. The number of amides is 1. The van der Waals surface area contributed by atoms with E-state index < -0.39 is 0 Å². The number of benzene rings is 3. The first kappa shape index (κ1) is 22.2. The van der Waals surface area contributed by atoms with Crippen LogP contribution in [-0.4, -0.2) is 19.2 Å². The van der Waals surface area contributed by atoms with Crippen LogP contribution in [0.3, 0.4) is 0 Å². The summed E-state index contributed by atoms with van der Waals surface area (Å²) in [5, 5.41) is 4.95. The highest BCUT2D eigenvalue weighted by Crippen LogP contribution is 2.37. The van der Waals surface area contributed by atoms with Gasteiger partial charge in [-0.2, -0.15) is 5.10 Å². The second-order valence-corrected chi connectivity index (χ2v) is 7.76. The van der Waals surface area contributed by atoms with Crippen LogP contribution in [-0.2, 0) is 6.61 Å². The lowest BCUT2D eigenvalue weighted by Crippen LogP contribution is -2.18. The van der Waals surface area contributed by atoms with Gasteiger partial charge in [0.1, 0.15) is 6.61 Å². The van der Waals surface area contributed by atoms with Gasteiger partial charge in [0.25, 0.3) is 5.91 Å². The van der Waals surface area contributed by atoms with E-state index in [1.54, 1.807) is 36.4 Å². The van der Waals surface area contributed by atoms with E-state index in [1.807, 2.05) is 24.3 Å². The number of hydrogen-bond donors (Lipinski definition) is 1. The van der Waals surface area contributed by atoms with Crippen molar-refractivity contribution in [1.82, 2.24) is 5.43 Å². The van der Waals surface area contributed by atoms with Gasteiger partial charge in [-0.1, -0.05) is 53.5 Å². The van der Waals surface area contributed by atoms with Gasteiger partial charge in [-0.15, -0.1) is 0 Å². The van der Waals surface area contributed by atoms with Crippen molar-refractivity contribution in [3.63, 3.8) is 0 Å². The van der Waals surface area contributed by atoms with Gasteiger partial charge < -0.3 is 9.47 Å². The number of nitrogens with one attached hydrogen (secondary N) is 1. The number of carbonyl (C=O) groups is 1. The van der Waals surface area contributed by atoms with Crippen molar-refractivity contribution in [2.45, 2.75) is 6.61 Å². The van der Waals surface area contributed by atoms with E-state index in [9.17, 15) is 4.79 Å². The molecule has 0 heterocycles. The maximum Gasteiger partial charge on any atom is 0.272 e. The number of carbonyl (C=O) groups excluding carboxylic acids is 1. The quantitative estimate of drug-likeness (QED) is 0.310. The van der Waals surface area contributed by atoms with Crippen molar-refractivity contribution < 1.29 is 14.3 Å². The number of hydrazone groups is 1. The van der Waals surface area contributed by atoms with E-state index in [0.717, 1.165) is 5.56 Å². The molecule has 0 aliphatic heterocycles. The van der Waals surface area contributed by atoms with Crippen molar-refractivity contribution in [3.05, 3.63) is 91.9 Å². The molecular weight excluding hydrogens is 491 g/mol. The monoisotopic (exact) mass is 506 g/mol. The van der Waals surface area contributed by atoms with Crippen LogP contribution in [0.2, 0.25) is 10.0 Å². The van der Waals surface area contributed by atoms with Crippen LogP contribution in [0.5, 0.6) is 11.5 Å². The number of ether oxygens (including phenoxy) is 2. The summed E-state index contributed by atoms with van der Waals surface area (Å²) in [6, 6.07) is 17.8. The molecule has 0 aliphatic carbocycles. The van der Waals surface area contributed by atoms with Crippen LogP contribution < -0.4 is 14.9 Å². The second kappa shape index (κ2) is 10.5. The molecule has 5 nitrogen and oxygen atoms in total. The third kappa shape index (κ3) is 5.53. The Morgan fingerprint density at radius 2 is 1.83 bits per heavy atom. The summed E-state index contributed by atoms with van der Waals surface area (Å²) in [4.78, 5) is 12.2. The minimum Gasteiger partial charge on any atom is -0.493 e. The highest BCUT2D eigenvalue weighted by Gasteiger charge is 2.13. The summed E-state index contributed by atoms with van der Waals surface area (Å²) in [6.07, 6.45) is 1.47. The molecule has 0 aliphatic rings. The second-order valence-electron chi connectivity index (χ2n) is 6.09. The fraction of sp³-hybridized carbons (Fsp3) is 0.0909. The lowest BCUT2D eigenvalue weighted by molar-refractivity contribution is 0.0954. The van der Waals surface area contributed by atoms with Gasteiger partial charge in [0.2, 0.25) is 0 Å². The van der Waals surface area contributed by atoms with Crippen molar-refractivity contribution in [3.8, 4) is 11.5 Å². The van der Waals surface area contributed by atoms with Crippen LogP contribution in [0.4, 0.5) is 0 Å². The molecule has 30 heavy (non-hydrogen) atoms. The Morgan fingerprint density at radius 1 is 1.10 bits per heavy atom. The summed E-state index contributed by atoms with van der Waals surface area (Å²) >= 11 is 15.9. The highest BCUT2D eigenvalue weighted by molar-refractivity contribution is 9.10. The molecule has 0 fully saturated rings. The zero-order valence-electron chi connectivity index (χ0n) is 15.9. The van der Waals surface area contributed by atoms with Gasteiger partial charge >= 0.3 is 0 Å². The maximum absolute atomic E-state index is 12.2. The molecule has 3 aromatic carbocycles. The predicted molar refractivity (Wildman–Crippen MR) is 123 cm³/mol. The molecular formula is C22H17BrCl2N2O3. The van der Waals surface area contributed by atoms with E-state index in [0.29, 0.717) is 37.1 Å². The van der Waals surface area contributed by atoms with Crippen molar-refractivity contribution in [2.75, 3.05) is 7.11 Å².